The van der Waals surface area contributed by atoms with E-state index in [1.54, 1.807) is 12.1 Å². The molecule has 0 unspecified atom stereocenters. The lowest BCUT2D eigenvalue weighted by molar-refractivity contribution is 0.103. The summed E-state index contributed by atoms with van der Waals surface area (Å²) in [6, 6.07) is 26.2. The maximum Gasteiger partial charge on any atom is 0.342 e. The summed E-state index contributed by atoms with van der Waals surface area (Å²) in [6.45, 7) is 0.493. The molecule has 3 N–H and O–H groups in total. The zero-order valence-corrected chi connectivity index (χ0v) is 21.4. The number of amides is 2. The normalized spacial score (nSPS) is 12.9. The Kier molecular flexibility index (Phi) is 6.39. The minimum Gasteiger partial charge on any atom is -0.507 e. The van der Waals surface area contributed by atoms with Gasteiger partial charge in [-0.05, 0) is 66.6 Å². The van der Waals surface area contributed by atoms with Crippen molar-refractivity contribution < 1.29 is 14.7 Å². The molecule has 8 heteroatoms. The standard InChI is InChI=1S/C30H26N4O3S/c35-26-13-12-22(32-29(36)28-16-21-8-4-5-9-27(21)38-28)17-23(26)24-18-25(20-10-11-20)34(33-24)30(37)31-15-14-19-6-2-1-3-7-19/h1-9,12-13,16-18,20,35H,10-11,14-15H2,(H,31,37)(H,32,36). The van der Waals surface area contributed by atoms with Crippen LogP contribution in [-0.4, -0.2) is 33.4 Å². The maximum atomic E-state index is 13.0. The summed E-state index contributed by atoms with van der Waals surface area (Å²) in [7, 11) is 0. The van der Waals surface area contributed by atoms with E-state index >= 15 is 0 Å². The number of aromatic hydroxyl groups is 1. The summed E-state index contributed by atoms with van der Waals surface area (Å²) in [5.74, 6) is 0.0836. The smallest absolute Gasteiger partial charge is 0.342 e. The molecule has 2 aromatic heterocycles. The average Bonchev–Trinajstić information content (AvgIpc) is 3.52. The molecule has 2 amide bonds. The first-order chi connectivity index (χ1) is 18.5. The van der Waals surface area contributed by atoms with Crippen LogP contribution in [0.25, 0.3) is 21.3 Å². The Morgan fingerprint density at radius 3 is 2.55 bits per heavy atom. The Bertz CT molecular complexity index is 1600. The molecule has 0 spiro atoms. The van der Waals surface area contributed by atoms with Crippen LogP contribution in [0.3, 0.4) is 0 Å². The molecule has 5 aromatic rings. The summed E-state index contributed by atoms with van der Waals surface area (Å²) >= 11 is 1.43. The molecule has 1 aliphatic rings. The van der Waals surface area contributed by atoms with Crippen LogP contribution in [0.2, 0.25) is 0 Å². The van der Waals surface area contributed by atoms with Gasteiger partial charge in [0, 0.05) is 28.4 Å². The number of benzene rings is 3. The summed E-state index contributed by atoms with van der Waals surface area (Å²) < 4.78 is 2.46. The minimum absolute atomic E-state index is 0.0290. The number of carbonyl (C=O) groups is 2. The fourth-order valence-corrected chi connectivity index (χ4v) is 5.46. The Morgan fingerprint density at radius 1 is 0.974 bits per heavy atom. The van der Waals surface area contributed by atoms with E-state index in [1.807, 2.05) is 66.7 Å². The van der Waals surface area contributed by atoms with Crippen LogP contribution in [0.15, 0.2) is 84.9 Å². The number of nitrogens with zero attached hydrogens (tertiary/aromatic N) is 2. The van der Waals surface area contributed by atoms with Gasteiger partial charge in [0.15, 0.2) is 0 Å². The number of hydrogen-bond donors (Lipinski definition) is 3. The molecule has 0 aliphatic heterocycles. The Balaban J connectivity index is 1.21. The molecule has 1 fully saturated rings. The fraction of sp³-hybridized carbons (Fsp3) is 0.167. The minimum atomic E-state index is -0.289. The van der Waals surface area contributed by atoms with E-state index in [2.05, 4.69) is 15.7 Å². The van der Waals surface area contributed by atoms with Crippen LogP contribution in [0.4, 0.5) is 10.5 Å². The molecule has 1 aliphatic carbocycles. The van der Waals surface area contributed by atoms with Crippen molar-refractivity contribution in [3.05, 3.63) is 101 Å². The van der Waals surface area contributed by atoms with Crippen molar-refractivity contribution in [2.75, 3.05) is 11.9 Å². The highest BCUT2D eigenvalue weighted by Gasteiger charge is 2.30. The number of hydrogen-bond acceptors (Lipinski definition) is 5. The predicted molar refractivity (Wildman–Crippen MR) is 150 cm³/mol. The van der Waals surface area contributed by atoms with Gasteiger partial charge < -0.3 is 15.7 Å². The molecular weight excluding hydrogens is 496 g/mol. The topological polar surface area (TPSA) is 96.2 Å². The first-order valence-corrected chi connectivity index (χ1v) is 13.4. The number of rotatable bonds is 7. The van der Waals surface area contributed by atoms with E-state index in [4.69, 9.17) is 0 Å². The Hall–Kier alpha value is -4.43. The van der Waals surface area contributed by atoms with Crippen LogP contribution in [0, 0.1) is 0 Å². The highest BCUT2D eigenvalue weighted by molar-refractivity contribution is 7.20. The van der Waals surface area contributed by atoms with Gasteiger partial charge in [-0.2, -0.15) is 9.78 Å². The van der Waals surface area contributed by atoms with Crippen molar-refractivity contribution in [3.63, 3.8) is 0 Å². The van der Waals surface area contributed by atoms with Gasteiger partial charge in [-0.25, -0.2) is 4.79 Å². The summed E-state index contributed by atoms with van der Waals surface area (Å²) in [4.78, 5) is 26.6. The lowest BCUT2D eigenvalue weighted by atomic mass is 10.1. The third-order valence-electron chi connectivity index (χ3n) is 6.64. The van der Waals surface area contributed by atoms with E-state index in [9.17, 15) is 14.7 Å². The predicted octanol–water partition coefficient (Wildman–Crippen LogP) is 6.40. The summed E-state index contributed by atoms with van der Waals surface area (Å²) in [6.07, 6.45) is 2.72. The first-order valence-electron chi connectivity index (χ1n) is 12.6. The number of fused-ring (bicyclic) bond motifs is 1. The zero-order valence-electron chi connectivity index (χ0n) is 20.6. The quantitative estimate of drug-likeness (QED) is 0.216. The average molecular weight is 523 g/mol. The number of aromatic nitrogens is 2. The van der Waals surface area contributed by atoms with E-state index in [1.165, 1.54) is 22.1 Å². The molecule has 0 bridgehead atoms. The molecule has 0 saturated heterocycles. The molecule has 38 heavy (non-hydrogen) atoms. The molecule has 6 rings (SSSR count). The molecule has 7 nitrogen and oxygen atoms in total. The van der Waals surface area contributed by atoms with Crippen LogP contribution >= 0.6 is 11.3 Å². The van der Waals surface area contributed by atoms with E-state index < -0.39 is 0 Å². The van der Waals surface area contributed by atoms with Crippen molar-refractivity contribution in [1.82, 2.24) is 15.1 Å². The van der Waals surface area contributed by atoms with Gasteiger partial charge in [-0.15, -0.1) is 11.3 Å². The maximum absolute atomic E-state index is 13.0. The molecule has 190 valence electrons. The number of nitrogens with one attached hydrogen (secondary N) is 2. The van der Waals surface area contributed by atoms with Gasteiger partial charge in [0.05, 0.1) is 16.3 Å². The van der Waals surface area contributed by atoms with Crippen LogP contribution < -0.4 is 10.6 Å². The van der Waals surface area contributed by atoms with Crippen molar-refractivity contribution in [1.29, 1.82) is 0 Å². The second-order valence-electron chi connectivity index (χ2n) is 9.44. The van der Waals surface area contributed by atoms with Crippen LogP contribution in [0.5, 0.6) is 5.75 Å². The first kappa shape index (κ1) is 23.9. The monoisotopic (exact) mass is 522 g/mol. The molecule has 2 heterocycles. The Labute approximate surface area is 223 Å². The summed E-state index contributed by atoms with van der Waals surface area (Å²) in [5.41, 5.74) is 3.46. The second-order valence-corrected chi connectivity index (χ2v) is 10.5. The van der Waals surface area contributed by atoms with E-state index in [-0.39, 0.29) is 23.6 Å². The fourth-order valence-electron chi connectivity index (χ4n) is 4.50. The Morgan fingerprint density at radius 2 is 1.76 bits per heavy atom. The van der Waals surface area contributed by atoms with Crippen LogP contribution in [0.1, 0.15) is 39.7 Å². The number of thiophene rings is 1. The number of carbonyl (C=O) groups excluding carboxylic acids is 2. The van der Waals surface area contributed by atoms with Gasteiger partial charge in [-0.3, -0.25) is 4.79 Å². The highest BCUT2D eigenvalue weighted by atomic mass is 32.1. The van der Waals surface area contributed by atoms with Crippen LogP contribution in [-0.2, 0) is 6.42 Å². The SMILES string of the molecule is O=C(Nc1ccc(O)c(-c2cc(C3CC3)n(C(=O)NCCc3ccccc3)n2)c1)c1cc2ccccc2s1. The third kappa shape index (κ3) is 5.03. The largest absolute Gasteiger partial charge is 0.507 e. The van der Waals surface area contributed by atoms with E-state index in [0.717, 1.165) is 40.6 Å². The van der Waals surface area contributed by atoms with Crippen molar-refractivity contribution in [3.8, 4) is 17.0 Å². The van der Waals surface area contributed by atoms with Gasteiger partial charge >= 0.3 is 6.03 Å². The van der Waals surface area contributed by atoms with Crippen molar-refractivity contribution in [2.24, 2.45) is 0 Å². The summed E-state index contributed by atoms with van der Waals surface area (Å²) in [5, 5.41) is 22.1. The van der Waals surface area contributed by atoms with Gasteiger partial charge in [0.25, 0.3) is 5.91 Å². The van der Waals surface area contributed by atoms with E-state index in [0.29, 0.717) is 28.4 Å². The molecule has 0 radical (unpaired) electrons. The molecule has 1 saturated carbocycles. The molecule has 0 atom stereocenters. The molecular formula is C30H26N4O3S. The lowest BCUT2D eigenvalue weighted by Gasteiger charge is -2.08. The number of phenolic OH excluding ortho intramolecular Hbond substituents is 1. The molecule has 3 aromatic carbocycles. The van der Waals surface area contributed by atoms with Gasteiger partial charge in [-0.1, -0.05) is 48.5 Å². The highest BCUT2D eigenvalue weighted by Crippen LogP contribution is 2.42. The second kappa shape index (κ2) is 10.1. The van der Waals surface area contributed by atoms with Crippen molar-refractivity contribution >= 4 is 39.0 Å². The third-order valence-corrected chi connectivity index (χ3v) is 7.75. The zero-order chi connectivity index (χ0) is 26.1. The van der Waals surface area contributed by atoms with Gasteiger partial charge in [0.2, 0.25) is 0 Å². The lowest BCUT2D eigenvalue weighted by Crippen LogP contribution is -2.32. The van der Waals surface area contributed by atoms with Crippen molar-refractivity contribution in [2.45, 2.75) is 25.2 Å². The number of anilines is 1. The van der Waals surface area contributed by atoms with Gasteiger partial charge in [0.1, 0.15) is 5.75 Å². The number of phenols is 1.